The number of hydrogen-bond acceptors (Lipinski definition) is 9. The van der Waals surface area contributed by atoms with Crippen molar-refractivity contribution in [1.82, 2.24) is 0 Å². The summed E-state index contributed by atoms with van der Waals surface area (Å²) >= 11 is 11.7. The van der Waals surface area contributed by atoms with E-state index in [1.807, 2.05) is 0 Å². The smallest absolute Gasteiger partial charge is 0.302 e. The fraction of sp³-hybridized carbons (Fsp3) is 0.545. The van der Waals surface area contributed by atoms with Crippen molar-refractivity contribution >= 4 is 70.4 Å². The van der Waals surface area contributed by atoms with Crippen molar-refractivity contribution < 1.29 is 19.1 Å². The Morgan fingerprint density at radius 1 is 1.00 bits per heavy atom. The van der Waals surface area contributed by atoms with E-state index in [9.17, 15) is 9.59 Å². The van der Waals surface area contributed by atoms with Gasteiger partial charge in [-0.3, -0.25) is 9.59 Å². The van der Waals surface area contributed by atoms with Crippen LogP contribution in [0.15, 0.2) is 8.42 Å². The molecule has 2 rings (SSSR count). The van der Waals surface area contributed by atoms with Gasteiger partial charge in [0.2, 0.25) is 0 Å². The number of ether oxygens (including phenoxy) is 2. The highest BCUT2D eigenvalue weighted by atomic mass is 32.2. The van der Waals surface area contributed by atoms with Gasteiger partial charge in [-0.05, 0) is 0 Å². The van der Waals surface area contributed by atoms with E-state index in [-0.39, 0.29) is 22.4 Å². The molecule has 2 heterocycles. The fourth-order valence-electron chi connectivity index (χ4n) is 1.51. The largest absolute Gasteiger partial charge is 0.465 e. The Bertz CT molecular complexity index is 517. The van der Waals surface area contributed by atoms with Gasteiger partial charge in [-0.15, -0.1) is 46.2 Å². The van der Waals surface area contributed by atoms with E-state index in [2.05, 4.69) is 0 Å². The second-order valence-corrected chi connectivity index (χ2v) is 10.2. The molecule has 110 valence electrons. The Labute approximate surface area is 138 Å². The van der Waals surface area contributed by atoms with E-state index in [4.69, 9.17) is 21.7 Å². The predicted octanol–water partition coefficient (Wildman–Crippen LogP) is 3.60. The highest BCUT2D eigenvalue weighted by Crippen LogP contribution is 2.50. The summed E-state index contributed by atoms with van der Waals surface area (Å²) in [6, 6.07) is 0. The first kappa shape index (κ1) is 16.3. The average molecular weight is 369 g/mol. The Kier molecular flexibility index (Phi) is 5.91. The summed E-state index contributed by atoms with van der Waals surface area (Å²) in [5.74, 6) is -0.601. The first-order valence-electron chi connectivity index (χ1n) is 5.69. The third-order valence-electron chi connectivity index (χ3n) is 2.35. The number of thioether (sulfide) groups is 2. The Morgan fingerprint density at radius 2 is 1.40 bits per heavy atom. The lowest BCUT2D eigenvalue weighted by Gasteiger charge is -2.28. The first-order chi connectivity index (χ1) is 9.45. The third-order valence-corrected chi connectivity index (χ3v) is 8.60. The maximum Gasteiger partial charge on any atom is 0.302 e. The molecule has 0 aliphatic carbocycles. The number of esters is 2. The molecule has 0 aromatic carbocycles. The standard InChI is InChI=1S/C11H12O4S5/c1-5(12)14-3-7-8(4-15-6(2)13)18-10-9(17-7)19-11(16)20-10/h7-8H,3-4H2,1-2H3/t7-,8-/m1/s1. The highest BCUT2D eigenvalue weighted by molar-refractivity contribution is 8.09. The molecule has 0 bridgehead atoms. The van der Waals surface area contributed by atoms with E-state index in [0.29, 0.717) is 13.2 Å². The molecule has 4 nitrogen and oxygen atoms in total. The van der Waals surface area contributed by atoms with Crippen molar-refractivity contribution in [2.75, 3.05) is 13.2 Å². The van der Waals surface area contributed by atoms with Crippen LogP contribution >= 0.6 is 58.4 Å². The van der Waals surface area contributed by atoms with Gasteiger partial charge in [0, 0.05) is 13.8 Å². The van der Waals surface area contributed by atoms with Crippen LogP contribution in [0.2, 0.25) is 0 Å². The molecule has 0 N–H and O–H groups in total. The van der Waals surface area contributed by atoms with Crippen molar-refractivity contribution in [2.45, 2.75) is 32.8 Å². The number of carbonyl (C=O) groups excluding carboxylic acids is 2. The van der Waals surface area contributed by atoms with Crippen LogP contribution in [0.1, 0.15) is 13.8 Å². The minimum Gasteiger partial charge on any atom is -0.465 e. The zero-order valence-electron chi connectivity index (χ0n) is 10.7. The lowest BCUT2D eigenvalue weighted by Crippen LogP contribution is -2.32. The first-order valence-corrected chi connectivity index (χ1v) is 9.49. The molecular formula is C11H12O4S5. The lowest BCUT2D eigenvalue weighted by atomic mass is 10.3. The molecule has 0 saturated heterocycles. The summed E-state index contributed by atoms with van der Waals surface area (Å²) in [5, 5.41) is 0.131. The van der Waals surface area contributed by atoms with Crippen LogP contribution in [0.25, 0.3) is 0 Å². The van der Waals surface area contributed by atoms with Gasteiger partial charge in [0.25, 0.3) is 0 Å². The number of rotatable bonds is 4. The van der Waals surface area contributed by atoms with Crippen LogP contribution in [-0.4, -0.2) is 35.7 Å². The van der Waals surface area contributed by atoms with Crippen molar-refractivity contribution in [3.8, 4) is 0 Å². The summed E-state index contributed by atoms with van der Waals surface area (Å²) in [7, 11) is 0. The molecule has 0 amide bonds. The summed E-state index contributed by atoms with van der Waals surface area (Å²) in [4.78, 5) is 21.9. The maximum atomic E-state index is 11.0. The zero-order valence-corrected chi connectivity index (χ0v) is 14.8. The van der Waals surface area contributed by atoms with Crippen molar-refractivity contribution in [3.05, 3.63) is 3.14 Å². The molecule has 0 fully saturated rings. The van der Waals surface area contributed by atoms with Crippen LogP contribution < -0.4 is 0 Å². The monoisotopic (exact) mass is 368 g/mol. The van der Waals surface area contributed by atoms with E-state index >= 15 is 0 Å². The maximum absolute atomic E-state index is 11.0. The molecule has 1 aromatic rings. The Hall–Kier alpha value is -0.0900. The topological polar surface area (TPSA) is 52.6 Å². The predicted molar refractivity (Wildman–Crippen MR) is 85.6 cm³/mol. The Balaban J connectivity index is 2.10. The zero-order chi connectivity index (χ0) is 14.7. The number of hydrogen-bond donors (Lipinski definition) is 0. The van der Waals surface area contributed by atoms with Crippen molar-refractivity contribution in [3.63, 3.8) is 0 Å². The van der Waals surface area contributed by atoms with Crippen LogP contribution in [0.4, 0.5) is 0 Å². The van der Waals surface area contributed by atoms with E-state index < -0.39 is 0 Å². The van der Waals surface area contributed by atoms with E-state index in [1.54, 1.807) is 46.2 Å². The molecule has 0 spiro atoms. The molecule has 2 atom stereocenters. The molecule has 1 aromatic heterocycles. The third kappa shape index (κ3) is 4.45. The van der Waals surface area contributed by atoms with Crippen molar-refractivity contribution in [1.29, 1.82) is 0 Å². The quantitative estimate of drug-likeness (QED) is 0.594. The lowest BCUT2D eigenvalue weighted by molar-refractivity contribution is -0.143. The Morgan fingerprint density at radius 3 is 1.75 bits per heavy atom. The van der Waals surface area contributed by atoms with Gasteiger partial charge in [0.15, 0.2) is 0 Å². The van der Waals surface area contributed by atoms with E-state index in [0.717, 1.165) is 3.14 Å². The summed E-state index contributed by atoms with van der Waals surface area (Å²) in [6.07, 6.45) is 0. The van der Waals surface area contributed by atoms with Gasteiger partial charge in [-0.1, -0.05) is 12.2 Å². The minimum atomic E-state index is -0.300. The molecule has 9 heteroatoms. The van der Waals surface area contributed by atoms with Gasteiger partial charge in [-0.25, -0.2) is 0 Å². The molecular weight excluding hydrogens is 356 g/mol. The van der Waals surface area contributed by atoms with Gasteiger partial charge in [0.1, 0.15) is 16.4 Å². The van der Waals surface area contributed by atoms with Crippen LogP contribution in [-0.2, 0) is 19.1 Å². The molecule has 0 radical (unpaired) electrons. The molecule has 1 aliphatic rings. The summed E-state index contributed by atoms with van der Waals surface area (Å²) < 4.78 is 13.4. The van der Waals surface area contributed by atoms with Gasteiger partial charge >= 0.3 is 11.9 Å². The molecule has 0 saturated carbocycles. The van der Waals surface area contributed by atoms with E-state index in [1.165, 1.54) is 22.3 Å². The minimum absolute atomic E-state index is 0.0657. The SMILES string of the molecule is CC(=O)OC[C@H]1Sc2sc(=S)sc2S[C@@H]1COC(C)=O. The number of carbonyl (C=O) groups is 2. The van der Waals surface area contributed by atoms with Crippen LogP contribution in [0.3, 0.4) is 0 Å². The average Bonchev–Trinajstić information content (AvgIpc) is 2.71. The second kappa shape index (κ2) is 7.26. The molecule has 0 unspecified atom stereocenters. The molecule has 1 aliphatic heterocycles. The van der Waals surface area contributed by atoms with Gasteiger partial charge in [-0.2, -0.15) is 0 Å². The van der Waals surface area contributed by atoms with Gasteiger partial charge < -0.3 is 9.47 Å². The van der Waals surface area contributed by atoms with Crippen LogP contribution in [0.5, 0.6) is 0 Å². The normalized spacial score (nSPS) is 21.1. The second-order valence-electron chi connectivity index (χ2n) is 3.95. The molecule has 20 heavy (non-hydrogen) atoms. The van der Waals surface area contributed by atoms with Gasteiger partial charge in [0.05, 0.1) is 18.9 Å². The summed E-state index contributed by atoms with van der Waals surface area (Å²) in [6.45, 7) is 3.41. The highest BCUT2D eigenvalue weighted by Gasteiger charge is 2.33. The van der Waals surface area contributed by atoms with Crippen molar-refractivity contribution in [2.24, 2.45) is 0 Å². The fourth-order valence-corrected chi connectivity index (χ4v) is 8.29. The summed E-state index contributed by atoms with van der Waals surface area (Å²) in [5.41, 5.74) is 0. The number of fused-ring (bicyclic) bond motifs is 1. The van der Waals surface area contributed by atoms with Crippen LogP contribution in [0, 0.1) is 3.14 Å².